The van der Waals surface area contributed by atoms with E-state index in [1.165, 1.54) is 0 Å². The molecule has 0 saturated heterocycles. The molecular weight excluding hydrogens is 211 g/mol. The van der Waals surface area contributed by atoms with Gasteiger partial charge in [-0.25, -0.2) is 9.97 Å². The van der Waals surface area contributed by atoms with E-state index in [1.807, 2.05) is 0 Å². The summed E-state index contributed by atoms with van der Waals surface area (Å²) in [6.45, 7) is 0. The Labute approximate surface area is 86.6 Å². The second-order valence-electron chi connectivity index (χ2n) is 1.96. The molecule has 0 radical (unpaired) electrons. The monoisotopic (exact) mass is 220 g/mol. The fourth-order valence-corrected chi connectivity index (χ4v) is 0.537. The first-order valence-electron chi connectivity index (χ1n) is 3.41. The van der Waals surface area contributed by atoms with Gasteiger partial charge >= 0.3 is 0 Å². The van der Waals surface area contributed by atoms with Gasteiger partial charge in [-0.1, -0.05) is 0 Å². The number of hydrogen-bond acceptors (Lipinski definition) is 3. The van der Waals surface area contributed by atoms with Gasteiger partial charge < -0.3 is 5.73 Å². The Bertz CT molecular complexity index is 240. The van der Waals surface area contributed by atoms with Gasteiger partial charge in [0.25, 0.3) is 0 Å². The number of amidine groups is 1. The summed E-state index contributed by atoms with van der Waals surface area (Å²) in [5, 5.41) is 6.39. The molecule has 1 rings (SSSR count). The van der Waals surface area contributed by atoms with E-state index in [1.54, 1.807) is 18.5 Å². The van der Waals surface area contributed by atoms with E-state index in [0.29, 0.717) is 11.7 Å². The van der Waals surface area contributed by atoms with E-state index < -0.39 is 0 Å². The minimum atomic E-state index is 0.0201. The molecule has 0 bridgehead atoms. The molecule has 0 aliphatic carbocycles. The van der Waals surface area contributed by atoms with Crippen molar-refractivity contribution in [1.82, 2.24) is 9.97 Å². The normalized spacial score (nSPS) is 8.46. The number of halogens is 2. The summed E-state index contributed by atoms with van der Waals surface area (Å²) >= 11 is 10.4. The predicted octanol–water partition coefficient (Wildman–Crippen LogP) is 1.38. The van der Waals surface area contributed by atoms with Crippen molar-refractivity contribution < 1.29 is 0 Å². The molecule has 0 spiro atoms. The van der Waals surface area contributed by atoms with Gasteiger partial charge in [-0.3, -0.25) is 5.41 Å². The van der Waals surface area contributed by atoms with Gasteiger partial charge in [0, 0.05) is 12.4 Å². The van der Waals surface area contributed by atoms with Crippen LogP contribution in [0.1, 0.15) is 5.82 Å². The fourth-order valence-electron chi connectivity index (χ4n) is 0.399. The average Bonchev–Trinajstić information content (AvgIpc) is 2.20. The van der Waals surface area contributed by atoms with Gasteiger partial charge in [0.2, 0.25) is 0 Å². The van der Waals surface area contributed by atoms with Crippen molar-refractivity contribution in [2.45, 2.75) is 5.88 Å². The lowest BCUT2D eigenvalue weighted by Gasteiger charge is -1.86. The largest absolute Gasteiger partial charge is 0.387 e. The van der Waals surface area contributed by atoms with Crippen LogP contribution in [-0.2, 0) is 5.88 Å². The number of rotatable bonds is 2. The standard InChI is InChI=1S/C5H5ClN2.C2H5ClN2/c6-4-5-7-2-1-3-8-5;3-1-2(4)5/h1-3H,4H2;1H2,(H3,4,5). The SMILES string of the molecule is ClCc1ncccn1.N=C(N)CCl. The summed E-state index contributed by atoms with van der Waals surface area (Å²) in [7, 11) is 0. The summed E-state index contributed by atoms with van der Waals surface area (Å²) in [5.74, 6) is 1.22. The Kier molecular flexibility index (Phi) is 7.24. The Morgan fingerprint density at radius 3 is 2.08 bits per heavy atom. The topological polar surface area (TPSA) is 75.7 Å². The molecule has 0 aliphatic heterocycles. The Hall–Kier alpha value is -0.870. The van der Waals surface area contributed by atoms with Gasteiger partial charge in [-0.05, 0) is 6.07 Å². The second-order valence-corrected chi connectivity index (χ2v) is 2.49. The lowest BCUT2D eigenvalue weighted by molar-refractivity contribution is 1.03. The van der Waals surface area contributed by atoms with Crippen LogP contribution in [-0.4, -0.2) is 21.7 Å². The van der Waals surface area contributed by atoms with Crippen LogP contribution in [0.5, 0.6) is 0 Å². The highest BCUT2D eigenvalue weighted by molar-refractivity contribution is 6.27. The van der Waals surface area contributed by atoms with E-state index in [0.717, 1.165) is 0 Å². The van der Waals surface area contributed by atoms with Crippen molar-refractivity contribution in [3.05, 3.63) is 24.3 Å². The number of aromatic nitrogens is 2. The van der Waals surface area contributed by atoms with Gasteiger partial charge in [-0.15, -0.1) is 23.2 Å². The molecule has 1 aromatic heterocycles. The van der Waals surface area contributed by atoms with Gasteiger partial charge in [0.05, 0.1) is 11.8 Å². The first-order chi connectivity index (χ1) is 6.20. The molecule has 0 unspecified atom stereocenters. The number of nitrogens with one attached hydrogen (secondary N) is 1. The highest BCUT2D eigenvalue weighted by Gasteiger charge is 1.85. The zero-order valence-electron chi connectivity index (χ0n) is 6.87. The summed E-state index contributed by atoms with van der Waals surface area (Å²) in [6.07, 6.45) is 3.34. The molecule has 0 aromatic carbocycles. The van der Waals surface area contributed by atoms with Gasteiger partial charge in [0.15, 0.2) is 0 Å². The molecule has 6 heteroatoms. The van der Waals surface area contributed by atoms with E-state index in [4.69, 9.17) is 34.3 Å². The Morgan fingerprint density at radius 2 is 1.85 bits per heavy atom. The molecule has 1 aromatic rings. The summed E-state index contributed by atoms with van der Waals surface area (Å²) in [5.41, 5.74) is 4.74. The first kappa shape index (κ1) is 12.1. The zero-order chi connectivity index (χ0) is 10.1. The Morgan fingerprint density at radius 1 is 1.38 bits per heavy atom. The molecular formula is C7H10Cl2N4. The highest BCUT2D eigenvalue weighted by atomic mass is 35.5. The van der Waals surface area contributed by atoms with E-state index in [-0.39, 0.29) is 11.7 Å². The summed E-state index contributed by atoms with van der Waals surface area (Å²) in [4.78, 5) is 7.71. The molecule has 0 fully saturated rings. The molecule has 0 aliphatic rings. The van der Waals surface area contributed by atoms with Crippen LogP contribution in [0.3, 0.4) is 0 Å². The lowest BCUT2D eigenvalue weighted by atomic mass is 10.6. The third-order valence-electron chi connectivity index (χ3n) is 0.883. The van der Waals surface area contributed by atoms with Crippen molar-refractivity contribution in [3.8, 4) is 0 Å². The third-order valence-corrected chi connectivity index (χ3v) is 1.41. The van der Waals surface area contributed by atoms with Crippen molar-refractivity contribution in [3.63, 3.8) is 0 Å². The molecule has 3 N–H and O–H groups in total. The van der Waals surface area contributed by atoms with Crippen molar-refractivity contribution >= 4 is 29.0 Å². The van der Waals surface area contributed by atoms with Crippen LogP contribution in [0.15, 0.2) is 18.5 Å². The molecule has 1 heterocycles. The maximum absolute atomic E-state index is 6.39. The van der Waals surface area contributed by atoms with Crippen LogP contribution in [0.25, 0.3) is 0 Å². The Balaban J connectivity index is 0.000000252. The average molecular weight is 221 g/mol. The van der Waals surface area contributed by atoms with Crippen molar-refractivity contribution in [1.29, 1.82) is 5.41 Å². The third kappa shape index (κ3) is 7.49. The summed E-state index contributed by atoms with van der Waals surface area (Å²) in [6, 6.07) is 1.76. The quantitative estimate of drug-likeness (QED) is 0.450. The maximum atomic E-state index is 6.39. The molecule has 0 amide bonds. The minimum Gasteiger partial charge on any atom is -0.387 e. The number of nitrogens with two attached hydrogens (primary N) is 1. The zero-order valence-corrected chi connectivity index (χ0v) is 8.39. The van der Waals surface area contributed by atoms with E-state index in [9.17, 15) is 0 Å². The molecule has 13 heavy (non-hydrogen) atoms. The molecule has 0 saturated carbocycles. The molecule has 4 nitrogen and oxygen atoms in total. The highest BCUT2D eigenvalue weighted by Crippen LogP contribution is 1.90. The number of nitrogens with zero attached hydrogens (tertiary/aromatic N) is 2. The maximum Gasteiger partial charge on any atom is 0.142 e. The second kappa shape index (κ2) is 7.76. The smallest absolute Gasteiger partial charge is 0.142 e. The number of hydrogen-bond donors (Lipinski definition) is 2. The molecule has 72 valence electrons. The number of alkyl halides is 2. The van der Waals surface area contributed by atoms with Crippen LogP contribution in [0, 0.1) is 5.41 Å². The van der Waals surface area contributed by atoms with Crippen molar-refractivity contribution in [2.75, 3.05) is 5.88 Å². The van der Waals surface area contributed by atoms with Crippen LogP contribution in [0.4, 0.5) is 0 Å². The van der Waals surface area contributed by atoms with E-state index in [2.05, 4.69) is 9.97 Å². The minimum absolute atomic E-state index is 0.0201. The predicted molar refractivity (Wildman–Crippen MR) is 54.2 cm³/mol. The van der Waals surface area contributed by atoms with Crippen LogP contribution < -0.4 is 5.73 Å². The van der Waals surface area contributed by atoms with Crippen molar-refractivity contribution in [2.24, 2.45) is 5.73 Å². The summed E-state index contributed by atoms with van der Waals surface area (Å²) < 4.78 is 0. The molecule has 0 atom stereocenters. The van der Waals surface area contributed by atoms with E-state index >= 15 is 0 Å². The lowest BCUT2D eigenvalue weighted by Crippen LogP contribution is -2.09. The van der Waals surface area contributed by atoms with Gasteiger partial charge in [-0.2, -0.15) is 0 Å². The van der Waals surface area contributed by atoms with Gasteiger partial charge in [0.1, 0.15) is 11.7 Å². The van der Waals surface area contributed by atoms with Crippen LogP contribution >= 0.6 is 23.2 Å². The van der Waals surface area contributed by atoms with Crippen LogP contribution in [0.2, 0.25) is 0 Å². The first-order valence-corrected chi connectivity index (χ1v) is 4.48. The fraction of sp³-hybridized carbons (Fsp3) is 0.286.